The molecule has 2 aliphatic heterocycles. The van der Waals surface area contributed by atoms with Gasteiger partial charge in [0, 0.05) is 36.7 Å². The van der Waals surface area contributed by atoms with Crippen LogP contribution in [0.25, 0.3) is 6.08 Å². The monoisotopic (exact) mass is 369 g/mol. The van der Waals surface area contributed by atoms with E-state index in [1.165, 1.54) is 23.0 Å². The Hall–Kier alpha value is -2.05. The van der Waals surface area contributed by atoms with Gasteiger partial charge in [0.15, 0.2) is 5.17 Å². The van der Waals surface area contributed by atoms with Gasteiger partial charge in [0.1, 0.15) is 0 Å². The molecule has 2 aliphatic rings. The van der Waals surface area contributed by atoms with Crippen LogP contribution in [0.1, 0.15) is 10.4 Å². The zero-order valence-corrected chi connectivity index (χ0v) is 15.6. The number of carbonyl (C=O) groups is 1. The van der Waals surface area contributed by atoms with Crippen molar-refractivity contribution >= 4 is 45.9 Å². The molecule has 0 bridgehead atoms. The summed E-state index contributed by atoms with van der Waals surface area (Å²) in [4.78, 5) is 22.9. The summed E-state index contributed by atoms with van der Waals surface area (Å²) in [5.74, 6) is -0.116. The minimum atomic E-state index is -0.116. The quantitative estimate of drug-likeness (QED) is 0.754. The van der Waals surface area contributed by atoms with Crippen LogP contribution >= 0.6 is 23.1 Å². The third-order valence-corrected chi connectivity index (χ3v) is 6.21. The number of amides is 1. The summed E-state index contributed by atoms with van der Waals surface area (Å²) >= 11 is 3.13. The summed E-state index contributed by atoms with van der Waals surface area (Å²) in [6, 6.07) is 12.6. The number of thiophene rings is 1. The molecule has 2 aromatic rings. The molecule has 1 aromatic heterocycles. The number of aryl methyl sites for hydroxylation is 1. The lowest BCUT2D eigenvalue weighted by Gasteiger charge is -2.36. The van der Waals surface area contributed by atoms with Crippen LogP contribution in [0.4, 0.5) is 5.69 Å². The molecule has 0 atom stereocenters. The molecule has 1 aromatic carbocycles. The number of piperazine rings is 1. The van der Waals surface area contributed by atoms with E-state index in [4.69, 9.17) is 0 Å². The van der Waals surface area contributed by atoms with Gasteiger partial charge in [-0.2, -0.15) is 4.99 Å². The zero-order valence-electron chi connectivity index (χ0n) is 14.0. The third-order valence-electron chi connectivity index (χ3n) is 4.34. The van der Waals surface area contributed by atoms with E-state index < -0.39 is 0 Å². The Morgan fingerprint density at radius 3 is 2.60 bits per heavy atom. The number of hydrogen-bond acceptors (Lipinski definition) is 5. The Kier molecular flexibility index (Phi) is 4.63. The summed E-state index contributed by atoms with van der Waals surface area (Å²) in [6.07, 6.45) is 1.94. The van der Waals surface area contributed by atoms with Crippen LogP contribution in [0.3, 0.4) is 0 Å². The average Bonchev–Trinajstić information content (AvgIpc) is 3.26. The van der Waals surface area contributed by atoms with Gasteiger partial charge in [-0.25, -0.2) is 0 Å². The van der Waals surface area contributed by atoms with E-state index in [2.05, 4.69) is 46.0 Å². The van der Waals surface area contributed by atoms with Crippen LogP contribution in [0, 0.1) is 6.92 Å². The zero-order chi connectivity index (χ0) is 17.2. The molecular formula is C19H19N3OS2. The molecule has 1 saturated heterocycles. The van der Waals surface area contributed by atoms with Crippen molar-refractivity contribution in [2.75, 3.05) is 31.1 Å². The van der Waals surface area contributed by atoms with E-state index in [1.54, 1.807) is 11.3 Å². The van der Waals surface area contributed by atoms with Crippen LogP contribution in [-0.4, -0.2) is 42.2 Å². The fraction of sp³-hybridized carbons (Fsp3) is 0.263. The van der Waals surface area contributed by atoms with Crippen molar-refractivity contribution in [1.82, 2.24) is 4.90 Å². The maximum absolute atomic E-state index is 12.2. The maximum Gasteiger partial charge on any atom is 0.286 e. The highest BCUT2D eigenvalue weighted by Crippen LogP contribution is 2.31. The number of benzene rings is 1. The number of anilines is 1. The molecule has 6 heteroatoms. The SMILES string of the molecule is Cc1cccc(N2CCN(C3=NC(=O)C(=Cc4cccs4)S3)CC2)c1. The minimum Gasteiger partial charge on any atom is -0.368 e. The largest absolute Gasteiger partial charge is 0.368 e. The van der Waals surface area contributed by atoms with Crippen molar-refractivity contribution in [2.45, 2.75) is 6.92 Å². The Bertz CT molecular complexity index is 834. The van der Waals surface area contributed by atoms with Crippen LogP contribution in [0.15, 0.2) is 51.7 Å². The number of carbonyl (C=O) groups excluding carboxylic acids is 1. The lowest BCUT2D eigenvalue weighted by atomic mass is 10.2. The molecule has 4 rings (SSSR count). The highest BCUT2D eigenvalue weighted by molar-refractivity contribution is 8.18. The molecule has 0 spiro atoms. The predicted molar refractivity (Wildman–Crippen MR) is 107 cm³/mol. The van der Waals surface area contributed by atoms with E-state index in [0.717, 1.165) is 41.1 Å². The molecule has 0 unspecified atom stereocenters. The van der Waals surface area contributed by atoms with Crippen molar-refractivity contribution in [2.24, 2.45) is 4.99 Å². The van der Waals surface area contributed by atoms with Crippen molar-refractivity contribution in [1.29, 1.82) is 0 Å². The summed E-state index contributed by atoms with van der Waals surface area (Å²) < 4.78 is 0. The molecule has 4 nitrogen and oxygen atoms in total. The van der Waals surface area contributed by atoms with Gasteiger partial charge in [0.2, 0.25) is 0 Å². The number of nitrogens with zero attached hydrogens (tertiary/aromatic N) is 3. The van der Waals surface area contributed by atoms with E-state index >= 15 is 0 Å². The van der Waals surface area contributed by atoms with Crippen LogP contribution in [0.2, 0.25) is 0 Å². The Morgan fingerprint density at radius 2 is 1.88 bits per heavy atom. The molecule has 1 amide bonds. The predicted octanol–water partition coefficient (Wildman–Crippen LogP) is 3.85. The molecule has 0 N–H and O–H groups in total. The number of aliphatic imine (C=N–C) groups is 1. The third kappa shape index (κ3) is 3.65. The lowest BCUT2D eigenvalue weighted by Crippen LogP contribution is -2.47. The Labute approximate surface area is 155 Å². The molecule has 1 fully saturated rings. The summed E-state index contributed by atoms with van der Waals surface area (Å²) in [5, 5.41) is 2.86. The Balaban J connectivity index is 1.40. The van der Waals surface area contributed by atoms with Gasteiger partial charge in [-0.3, -0.25) is 4.79 Å². The first-order valence-electron chi connectivity index (χ1n) is 8.32. The van der Waals surface area contributed by atoms with E-state index in [-0.39, 0.29) is 5.91 Å². The molecule has 128 valence electrons. The van der Waals surface area contributed by atoms with E-state index in [9.17, 15) is 4.79 Å². The van der Waals surface area contributed by atoms with Crippen molar-refractivity contribution in [3.05, 3.63) is 57.1 Å². The topological polar surface area (TPSA) is 35.9 Å². The van der Waals surface area contributed by atoms with Crippen LogP contribution < -0.4 is 4.90 Å². The molecule has 0 radical (unpaired) electrons. The first-order chi connectivity index (χ1) is 12.2. The smallest absolute Gasteiger partial charge is 0.286 e. The standard InChI is InChI=1S/C19H19N3OS2/c1-14-4-2-5-15(12-14)21-7-9-22(10-8-21)19-20-18(23)17(25-19)13-16-6-3-11-24-16/h2-6,11-13H,7-10H2,1H3. The van der Waals surface area contributed by atoms with Gasteiger partial charge in [0.05, 0.1) is 4.91 Å². The highest BCUT2D eigenvalue weighted by Gasteiger charge is 2.28. The molecule has 3 heterocycles. The molecular weight excluding hydrogens is 350 g/mol. The second-order valence-electron chi connectivity index (χ2n) is 6.14. The van der Waals surface area contributed by atoms with Gasteiger partial charge in [-0.15, -0.1) is 11.3 Å². The molecule has 0 saturated carbocycles. The van der Waals surface area contributed by atoms with Gasteiger partial charge in [-0.1, -0.05) is 18.2 Å². The summed E-state index contributed by atoms with van der Waals surface area (Å²) in [6.45, 7) is 5.79. The fourth-order valence-corrected chi connectivity index (χ4v) is 4.70. The first kappa shape index (κ1) is 16.4. The second kappa shape index (κ2) is 7.06. The fourth-order valence-electron chi connectivity index (χ4n) is 3.02. The first-order valence-corrected chi connectivity index (χ1v) is 10.0. The summed E-state index contributed by atoms with van der Waals surface area (Å²) in [5.41, 5.74) is 2.56. The molecule has 25 heavy (non-hydrogen) atoms. The van der Waals surface area contributed by atoms with Crippen LogP contribution in [0.5, 0.6) is 0 Å². The van der Waals surface area contributed by atoms with Gasteiger partial charge < -0.3 is 9.80 Å². The maximum atomic E-state index is 12.2. The summed E-state index contributed by atoms with van der Waals surface area (Å²) in [7, 11) is 0. The van der Waals surface area contributed by atoms with Gasteiger partial charge >= 0.3 is 0 Å². The molecule has 0 aliphatic carbocycles. The van der Waals surface area contributed by atoms with Crippen molar-refractivity contribution in [3.63, 3.8) is 0 Å². The Morgan fingerprint density at radius 1 is 1.08 bits per heavy atom. The van der Waals surface area contributed by atoms with Gasteiger partial charge in [0.25, 0.3) is 5.91 Å². The average molecular weight is 370 g/mol. The number of amidine groups is 1. The van der Waals surface area contributed by atoms with Gasteiger partial charge in [-0.05, 0) is 53.9 Å². The number of thioether (sulfide) groups is 1. The number of hydrogen-bond donors (Lipinski definition) is 0. The van der Waals surface area contributed by atoms with E-state index in [1.807, 2.05) is 23.6 Å². The number of rotatable bonds is 2. The lowest BCUT2D eigenvalue weighted by molar-refractivity contribution is -0.113. The minimum absolute atomic E-state index is 0.116. The second-order valence-corrected chi connectivity index (χ2v) is 8.13. The van der Waals surface area contributed by atoms with Crippen molar-refractivity contribution < 1.29 is 4.79 Å². The van der Waals surface area contributed by atoms with Crippen molar-refractivity contribution in [3.8, 4) is 0 Å². The highest BCUT2D eigenvalue weighted by atomic mass is 32.2. The normalized spacial score (nSPS) is 19.6. The van der Waals surface area contributed by atoms with Crippen LogP contribution in [-0.2, 0) is 4.79 Å². The van der Waals surface area contributed by atoms with E-state index in [0.29, 0.717) is 0 Å².